The van der Waals surface area contributed by atoms with Crippen LogP contribution >= 0.6 is 0 Å². The van der Waals surface area contributed by atoms with E-state index in [9.17, 15) is 0 Å². The second-order valence-corrected chi connectivity index (χ2v) is 19.0. The molecular weight excluding hydrogens is 761 g/mol. The fraction of sp³-hybridized carbons (Fsp3) is 0.258. The van der Waals surface area contributed by atoms with Gasteiger partial charge in [-0.15, -0.1) is 0 Å². The molecule has 1 nitrogen and oxygen atoms in total. The Labute approximate surface area is 373 Å². The highest BCUT2D eigenvalue weighted by molar-refractivity contribution is 5.78. The van der Waals surface area contributed by atoms with Crippen LogP contribution in [0.1, 0.15) is 105 Å². The Hall–Kier alpha value is -6.18. The molecule has 0 radical (unpaired) electrons. The van der Waals surface area contributed by atoms with Crippen LogP contribution in [0.25, 0.3) is 22.8 Å². The quantitative estimate of drug-likeness (QED) is 0.231. The number of benzene rings is 3. The van der Waals surface area contributed by atoms with E-state index in [4.69, 9.17) is 4.74 Å². The zero-order valence-electron chi connectivity index (χ0n) is 36.3. The highest BCUT2D eigenvalue weighted by Crippen LogP contribution is 2.52. The molecule has 0 fully saturated rings. The minimum absolute atomic E-state index is 0.0454. The fourth-order valence-electron chi connectivity index (χ4n) is 12.1. The lowest BCUT2D eigenvalue weighted by Crippen LogP contribution is -2.46. The molecule has 3 aromatic rings. The SMILES string of the molecule is C1=CCCC(C2=CC(C3=CC(c4cccc(C5=CC=CCC5)c4)CC(C4=CC(C5C=CC=C(c6cccc7c6OC6C=c8ccccc8=C8C=CCC7C86)C5)=CCC4)=C3)=CCC2)=C1. The average molecular weight is 817 g/mol. The van der Waals surface area contributed by atoms with Gasteiger partial charge in [-0.25, -0.2) is 0 Å². The first-order chi connectivity index (χ1) is 31.2. The largest absolute Gasteiger partial charge is 0.485 e. The minimum Gasteiger partial charge on any atom is -0.485 e. The summed E-state index contributed by atoms with van der Waals surface area (Å²) in [7, 11) is 0. The van der Waals surface area contributed by atoms with Gasteiger partial charge in [-0.3, -0.25) is 0 Å². The van der Waals surface area contributed by atoms with Crippen molar-refractivity contribution in [1.29, 1.82) is 0 Å². The van der Waals surface area contributed by atoms with Crippen molar-refractivity contribution in [2.45, 2.75) is 88.6 Å². The van der Waals surface area contributed by atoms with Crippen LogP contribution in [0.5, 0.6) is 5.75 Å². The van der Waals surface area contributed by atoms with E-state index >= 15 is 0 Å². The number of para-hydroxylation sites is 1. The lowest BCUT2D eigenvalue weighted by molar-refractivity contribution is 0.172. The summed E-state index contributed by atoms with van der Waals surface area (Å²) in [6.07, 6.45) is 55.4. The van der Waals surface area contributed by atoms with Crippen LogP contribution in [0.2, 0.25) is 0 Å². The molecule has 0 spiro atoms. The van der Waals surface area contributed by atoms with E-state index < -0.39 is 0 Å². The van der Waals surface area contributed by atoms with Crippen molar-refractivity contribution in [3.05, 3.63) is 242 Å². The fourth-order valence-corrected chi connectivity index (χ4v) is 12.1. The van der Waals surface area contributed by atoms with Crippen molar-refractivity contribution in [1.82, 2.24) is 0 Å². The van der Waals surface area contributed by atoms with Crippen molar-refractivity contribution < 1.29 is 4.74 Å². The topological polar surface area (TPSA) is 9.23 Å². The maximum absolute atomic E-state index is 7.14. The molecule has 0 aromatic heterocycles. The lowest BCUT2D eigenvalue weighted by Gasteiger charge is -2.43. The second kappa shape index (κ2) is 16.5. The van der Waals surface area contributed by atoms with E-state index in [1.807, 2.05) is 0 Å². The molecular formula is C62H56O. The summed E-state index contributed by atoms with van der Waals surface area (Å²) < 4.78 is 7.14. The van der Waals surface area contributed by atoms with Crippen LogP contribution in [0.4, 0.5) is 0 Å². The Kier molecular flexibility index (Phi) is 10.1. The Morgan fingerprint density at radius 3 is 2.24 bits per heavy atom. The summed E-state index contributed by atoms with van der Waals surface area (Å²) >= 11 is 0. The summed E-state index contributed by atoms with van der Waals surface area (Å²) in [6, 6.07) is 25.3. The number of hydrogen-bond donors (Lipinski definition) is 0. The average Bonchev–Trinajstić information content (AvgIpc) is 3.37. The van der Waals surface area contributed by atoms with Crippen molar-refractivity contribution in [3.63, 3.8) is 0 Å². The molecule has 9 aliphatic rings. The molecule has 1 heterocycles. The van der Waals surface area contributed by atoms with Crippen molar-refractivity contribution in [2.24, 2.45) is 11.8 Å². The first-order valence-corrected chi connectivity index (χ1v) is 23.9. The molecule has 5 unspecified atom stereocenters. The molecule has 0 saturated carbocycles. The van der Waals surface area contributed by atoms with Gasteiger partial charge in [-0.05, 0) is 160 Å². The summed E-state index contributed by atoms with van der Waals surface area (Å²) in [5.74, 6) is 2.53. The van der Waals surface area contributed by atoms with Gasteiger partial charge in [0.15, 0.2) is 0 Å². The molecule has 3 aromatic carbocycles. The molecule has 63 heavy (non-hydrogen) atoms. The lowest BCUT2D eigenvalue weighted by atomic mass is 9.68. The standard InChI is InChI=1S/C62H56O/c1-3-15-41(16-4-1)43-20-9-24-47(33-43)52-37-53(48-25-10-21-44(34-48)42-17-5-2-6-18-42)39-54(38-52)49-26-11-22-45(35-49)46-23-12-27-50(36-46)56-29-13-32-59-58-31-14-30-57-55-28-8-7-19-51(55)40-60(61(57)58)63-62(56)59/h1-3,5,7-9,12-15,17,19-20,22-25,27-30,32-35,37,39-40,46,52,58,60-61H,4,6,10-11,16,18,21,26,31,36,38H2. The van der Waals surface area contributed by atoms with Gasteiger partial charge in [-0.2, -0.15) is 0 Å². The Morgan fingerprint density at radius 2 is 1.35 bits per heavy atom. The number of rotatable bonds is 7. The Morgan fingerprint density at radius 1 is 0.571 bits per heavy atom. The van der Waals surface area contributed by atoms with E-state index in [1.54, 1.807) is 0 Å². The third-order valence-corrected chi connectivity index (χ3v) is 15.3. The third-order valence-electron chi connectivity index (χ3n) is 15.3. The van der Waals surface area contributed by atoms with Crippen molar-refractivity contribution in [3.8, 4) is 5.75 Å². The second-order valence-electron chi connectivity index (χ2n) is 19.0. The summed E-state index contributed by atoms with van der Waals surface area (Å²) in [4.78, 5) is 0. The van der Waals surface area contributed by atoms with Crippen LogP contribution in [0, 0.1) is 11.8 Å². The normalized spacial score (nSPS) is 26.7. The van der Waals surface area contributed by atoms with Crippen LogP contribution < -0.4 is 15.2 Å². The van der Waals surface area contributed by atoms with Gasteiger partial charge in [-0.1, -0.05) is 170 Å². The first-order valence-electron chi connectivity index (χ1n) is 23.9. The molecule has 8 aliphatic carbocycles. The molecule has 310 valence electrons. The van der Waals surface area contributed by atoms with Gasteiger partial charge < -0.3 is 4.74 Å². The predicted molar refractivity (Wildman–Crippen MR) is 263 cm³/mol. The van der Waals surface area contributed by atoms with Crippen molar-refractivity contribution in [2.75, 3.05) is 0 Å². The van der Waals surface area contributed by atoms with Gasteiger partial charge in [0, 0.05) is 29.2 Å². The summed E-state index contributed by atoms with van der Waals surface area (Å²) in [5.41, 5.74) is 20.0. The van der Waals surface area contributed by atoms with Crippen LogP contribution in [-0.4, -0.2) is 6.10 Å². The molecule has 12 rings (SSSR count). The molecule has 1 aliphatic heterocycles. The number of ether oxygens (including phenoxy) is 1. The van der Waals surface area contributed by atoms with Crippen LogP contribution in [0.3, 0.4) is 0 Å². The first kappa shape index (κ1) is 38.5. The van der Waals surface area contributed by atoms with E-state index in [0.717, 1.165) is 76.4 Å². The van der Waals surface area contributed by atoms with E-state index in [0.29, 0.717) is 23.7 Å². The van der Waals surface area contributed by atoms with Gasteiger partial charge in [0.1, 0.15) is 11.9 Å². The highest BCUT2D eigenvalue weighted by atomic mass is 16.5. The minimum atomic E-state index is 0.0454. The smallest absolute Gasteiger partial charge is 0.131 e. The Bertz CT molecular complexity index is 2960. The molecule has 1 heteroatoms. The monoisotopic (exact) mass is 816 g/mol. The summed E-state index contributed by atoms with van der Waals surface area (Å²) in [6.45, 7) is 0. The molecule has 0 N–H and O–H groups in total. The highest BCUT2D eigenvalue weighted by Gasteiger charge is 2.42. The Balaban J connectivity index is 0.849. The van der Waals surface area contributed by atoms with E-state index in [1.165, 1.54) is 88.4 Å². The van der Waals surface area contributed by atoms with Gasteiger partial charge >= 0.3 is 0 Å². The zero-order valence-corrected chi connectivity index (χ0v) is 36.3. The molecule has 0 amide bonds. The zero-order chi connectivity index (χ0) is 41.7. The number of hydrogen-bond acceptors (Lipinski definition) is 1. The van der Waals surface area contributed by atoms with E-state index in [-0.39, 0.29) is 6.10 Å². The summed E-state index contributed by atoms with van der Waals surface area (Å²) in [5, 5.41) is 2.66. The predicted octanol–water partition coefficient (Wildman–Crippen LogP) is 14.1. The van der Waals surface area contributed by atoms with Crippen molar-refractivity contribution >= 4 is 22.8 Å². The molecule has 0 bridgehead atoms. The van der Waals surface area contributed by atoms with E-state index in [2.05, 4.69) is 176 Å². The number of allylic oxidation sites excluding steroid dienone is 26. The molecule has 5 atom stereocenters. The molecule has 0 saturated heterocycles. The maximum atomic E-state index is 7.14. The third kappa shape index (κ3) is 7.30. The van der Waals surface area contributed by atoms with Crippen LogP contribution in [-0.2, 0) is 0 Å². The maximum Gasteiger partial charge on any atom is 0.131 e. The van der Waals surface area contributed by atoms with Crippen LogP contribution in [0.15, 0.2) is 209 Å². The van der Waals surface area contributed by atoms with Gasteiger partial charge in [0.05, 0.1) is 0 Å². The number of fused-ring (bicyclic) bond motifs is 3. The van der Waals surface area contributed by atoms with Gasteiger partial charge in [0.2, 0.25) is 0 Å². The van der Waals surface area contributed by atoms with Gasteiger partial charge in [0.25, 0.3) is 0 Å².